The monoisotopic (exact) mass is 273 g/mol. The largest absolute Gasteiger partial charge is 0.573 e. The number of alkyl halides is 3. The second-order valence-corrected chi connectivity index (χ2v) is 5.24. The molecule has 1 fully saturated rings. The van der Waals surface area contributed by atoms with Crippen molar-refractivity contribution >= 4 is 0 Å². The highest BCUT2D eigenvalue weighted by atomic mass is 19.4. The lowest BCUT2D eigenvalue weighted by atomic mass is 9.90. The number of hydrogen-bond donors (Lipinski definition) is 1. The molecule has 0 heterocycles. The lowest BCUT2D eigenvalue weighted by Gasteiger charge is -2.23. The average Bonchev–Trinajstić information content (AvgIpc) is 3.10. The molecule has 1 aromatic rings. The lowest BCUT2D eigenvalue weighted by molar-refractivity contribution is -0.274. The molecule has 19 heavy (non-hydrogen) atoms. The Labute approximate surface area is 111 Å². The van der Waals surface area contributed by atoms with E-state index in [1.54, 1.807) is 12.1 Å². The summed E-state index contributed by atoms with van der Waals surface area (Å²) in [5.74, 6) is -0.164. The Morgan fingerprint density at radius 3 is 2.26 bits per heavy atom. The molecule has 1 aromatic carbocycles. The fraction of sp³-hybridized carbons (Fsp3) is 0.571. The molecule has 0 aromatic heterocycles. The summed E-state index contributed by atoms with van der Waals surface area (Å²) in [5, 5.41) is 3.26. The van der Waals surface area contributed by atoms with E-state index in [0.717, 1.165) is 24.8 Å². The van der Waals surface area contributed by atoms with Crippen LogP contribution in [-0.2, 0) is 6.42 Å². The highest BCUT2D eigenvalue weighted by Gasteiger charge is 2.46. The Morgan fingerprint density at radius 1 is 1.26 bits per heavy atom. The molecule has 1 atom stereocenters. The Morgan fingerprint density at radius 2 is 1.84 bits per heavy atom. The minimum absolute atomic E-state index is 0.164. The van der Waals surface area contributed by atoms with Crippen molar-refractivity contribution in [2.75, 3.05) is 7.05 Å². The van der Waals surface area contributed by atoms with Crippen molar-refractivity contribution in [1.29, 1.82) is 0 Å². The van der Waals surface area contributed by atoms with Crippen LogP contribution in [0.5, 0.6) is 5.75 Å². The van der Waals surface area contributed by atoms with Crippen LogP contribution >= 0.6 is 0 Å². The third-order valence-electron chi connectivity index (χ3n) is 3.96. The summed E-state index contributed by atoms with van der Waals surface area (Å²) in [5.41, 5.74) is 1.32. The van der Waals surface area contributed by atoms with E-state index in [4.69, 9.17) is 0 Å². The highest BCUT2D eigenvalue weighted by molar-refractivity contribution is 5.29. The normalized spacial score (nSPS) is 19.0. The molecule has 106 valence electrons. The predicted octanol–water partition coefficient (Wildman–Crippen LogP) is 3.52. The van der Waals surface area contributed by atoms with Gasteiger partial charge in [-0.3, -0.25) is 0 Å². The van der Waals surface area contributed by atoms with Gasteiger partial charge in [-0.1, -0.05) is 12.1 Å². The molecule has 1 aliphatic rings. The molecule has 0 radical (unpaired) electrons. The van der Waals surface area contributed by atoms with Gasteiger partial charge >= 0.3 is 6.36 Å². The Bertz CT molecular complexity index is 423. The van der Waals surface area contributed by atoms with Crippen LogP contribution < -0.4 is 10.1 Å². The third kappa shape index (κ3) is 3.62. The molecule has 0 spiro atoms. The zero-order valence-electron chi connectivity index (χ0n) is 11.1. The van der Waals surface area contributed by atoms with Crippen molar-refractivity contribution in [2.45, 2.75) is 38.6 Å². The van der Waals surface area contributed by atoms with E-state index in [9.17, 15) is 13.2 Å². The van der Waals surface area contributed by atoms with Crippen molar-refractivity contribution in [3.63, 3.8) is 0 Å². The van der Waals surface area contributed by atoms with Crippen LogP contribution in [0.25, 0.3) is 0 Å². The van der Waals surface area contributed by atoms with Crippen LogP contribution in [0.15, 0.2) is 24.3 Å². The quantitative estimate of drug-likeness (QED) is 0.886. The Kier molecular flexibility index (Phi) is 3.76. The lowest BCUT2D eigenvalue weighted by Crippen LogP contribution is -2.33. The first kappa shape index (κ1) is 14.2. The van der Waals surface area contributed by atoms with Gasteiger partial charge in [0.15, 0.2) is 0 Å². The SMILES string of the molecule is CNC(C)C1(Cc2ccc(OC(F)(F)F)cc2)CC1. The summed E-state index contributed by atoms with van der Waals surface area (Å²) in [7, 11) is 1.94. The fourth-order valence-corrected chi connectivity index (χ4v) is 2.45. The van der Waals surface area contributed by atoms with Gasteiger partial charge in [-0.2, -0.15) is 0 Å². The van der Waals surface area contributed by atoms with Gasteiger partial charge in [0.05, 0.1) is 0 Å². The molecule has 2 nitrogen and oxygen atoms in total. The van der Waals surface area contributed by atoms with Gasteiger partial charge in [0.2, 0.25) is 0 Å². The van der Waals surface area contributed by atoms with Gasteiger partial charge in [0, 0.05) is 6.04 Å². The van der Waals surface area contributed by atoms with Crippen LogP contribution in [0.4, 0.5) is 13.2 Å². The molecule has 2 rings (SSSR count). The second-order valence-electron chi connectivity index (χ2n) is 5.24. The molecule has 1 aliphatic carbocycles. The number of rotatable bonds is 5. The summed E-state index contributed by atoms with van der Waals surface area (Å²) in [4.78, 5) is 0. The number of hydrogen-bond acceptors (Lipinski definition) is 2. The average molecular weight is 273 g/mol. The first-order valence-corrected chi connectivity index (χ1v) is 6.37. The zero-order chi connectivity index (χ0) is 14.1. The smallest absolute Gasteiger partial charge is 0.406 e. The fourth-order valence-electron chi connectivity index (χ4n) is 2.45. The maximum atomic E-state index is 12.0. The van der Waals surface area contributed by atoms with Crippen LogP contribution in [0.2, 0.25) is 0 Å². The second kappa shape index (κ2) is 5.04. The molecule has 0 saturated heterocycles. The van der Waals surface area contributed by atoms with E-state index in [-0.39, 0.29) is 11.2 Å². The molecule has 0 bridgehead atoms. The van der Waals surface area contributed by atoms with Crippen molar-refractivity contribution in [2.24, 2.45) is 5.41 Å². The van der Waals surface area contributed by atoms with Crippen molar-refractivity contribution in [3.8, 4) is 5.75 Å². The molecule has 1 N–H and O–H groups in total. The number of halogens is 3. The maximum absolute atomic E-state index is 12.0. The summed E-state index contributed by atoms with van der Waals surface area (Å²) < 4.78 is 40.0. The molecule has 0 amide bonds. The number of benzene rings is 1. The van der Waals surface area contributed by atoms with Crippen LogP contribution in [0.1, 0.15) is 25.3 Å². The minimum Gasteiger partial charge on any atom is -0.406 e. The van der Waals surface area contributed by atoms with E-state index in [2.05, 4.69) is 17.0 Å². The number of nitrogens with one attached hydrogen (secondary N) is 1. The minimum atomic E-state index is -4.63. The van der Waals surface area contributed by atoms with Crippen molar-refractivity contribution < 1.29 is 17.9 Å². The topological polar surface area (TPSA) is 21.3 Å². The van der Waals surface area contributed by atoms with Crippen molar-refractivity contribution in [1.82, 2.24) is 5.32 Å². The van der Waals surface area contributed by atoms with Crippen LogP contribution in [-0.4, -0.2) is 19.5 Å². The third-order valence-corrected chi connectivity index (χ3v) is 3.96. The summed E-state index contributed by atoms with van der Waals surface area (Å²) in [6, 6.07) is 6.59. The van der Waals surface area contributed by atoms with Crippen molar-refractivity contribution in [3.05, 3.63) is 29.8 Å². The van der Waals surface area contributed by atoms with Gasteiger partial charge in [0.25, 0.3) is 0 Å². The van der Waals surface area contributed by atoms with Gasteiger partial charge in [-0.05, 0) is 56.3 Å². The van der Waals surface area contributed by atoms with Gasteiger partial charge in [-0.25, -0.2) is 0 Å². The molecule has 1 saturated carbocycles. The Hall–Kier alpha value is -1.23. The Balaban J connectivity index is 2.00. The maximum Gasteiger partial charge on any atom is 0.573 e. The van der Waals surface area contributed by atoms with Gasteiger partial charge < -0.3 is 10.1 Å². The predicted molar refractivity (Wildman–Crippen MR) is 67.0 cm³/mol. The molecule has 0 aliphatic heterocycles. The molecular weight excluding hydrogens is 255 g/mol. The van der Waals surface area contributed by atoms with E-state index in [1.807, 2.05) is 7.05 Å². The zero-order valence-corrected chi connectivity index (χ0v) is 11.1. The highest BCUT2D eigenvalue weighted by Crippen LogP contribution is 2.51. The molecule has 1 unspecified atom stereocenters. The number of ether oxygens (including phenoxy) is 1. The van der Waals surface area contributed by atoms with Crippen LogP contribution in [0.3, 0.4) is 0 Å². The molecule has 5 heteroatoms. The van der Waals surface area contributed by atoms with E-state index < -0.39 is 6.36 Å². The molecular formula is C14H18F3NO. The first-order chi connectivity index (χ1) is 8.85. The van der Waals surface area contributed by atoms with E-state index in [0.29, 0.717) is 6.04 Å². The van der Waals surface area contributed by atoms with E-state index >= 15 is 0 Å². The first-order valence-electron chi connectivity index (χ1n) is 6.37. The van der Waals surface area contributed by atoms with Gasteiger partial charge in [-0.15, -0.1) is 13.2 Å². The summed E-state index contributed by atoms with van der Waals surface area (Å²) >= 11 is 0. The standard InChI is InChI=1S/C14H18F3NO/c1-10(18-2)13(7-8-13)9-11-3-5-12(6-4-11)19-14(15,16)17/h3-6,10,18H,7-9H2,1-2H3. The van der Waals surface area contributed by atoms with Crippen LogP contribution in [0, 0.1) is 5.41 Å². The summed E-state index contributed by atoms with van der Waals surface area (Å²) in [6.07, 6.45) is -1.41. The van der Waals surface area contributed by atoms with Gasteiger partial charge in [0.1, 0.15) is 5.75 Å². The summed E-state index contributed by atoms with van der Waals surface area (Å²) in [6.45, 7) is 2.15. The van der Waals surface area contributed by atoms with E-state index in [1.165, 1.54) is 12.1 Å².